The van der Waals surface area contributed by atoms with E-state index in [2.05, 4.69) is 5.32 Å². The summed E-state index contributed by atoms with van der Waals surface area (Å²) in [5.74, 6) is 0.855. The Morgan fingerprint density at radius 3 is 2.33 bits per heavy atom. The van der Waals surface area contributed by atoms with Gasteiger partial charge in [-0.05, 0) is 30.2 Å². The first-order valence-electron chi connectivity index (χ1n) is 11.3. The summed E-state index contributed by atoms with van der Waals surface area (Å²) in [5, 5.41) is 4.39. The molecule has 1 heterocycles. The average Bonchev–Trinajstić information content (AvgIpc) is 2.88. The predicted molar refractivity (Wildman–Crippen MR) is 140 cm³/mol. The maximum absolute atomic E-state index is 13.2. The summed E-state index contributed by atoms with van der Waals surface area (Å²) in [6.07, 6.45) is 0.367. The molecule has 7 nitrogen and oxygen atoms in total. The molecule has 8 heteroatoms. The van der Waals surface area contributed by atoms with Crippen molar-refractivity contribution in [2.45, 2.75) is 20.0 Å². The van der Waals surface area contributed by atoms with Gasteiger partial charge in [-0.3, -0.25) is 4.79 Å². The first-order chi connectivity index (χ1) is 17.4. The molecule has 0 aliphatic rings. The van der Waals surface area contributed by atoms with E-state index >= 15 is 0 Å². The Labute approximate surface area is 213 Å². The molecule has 0 aliphatic heterocycles. The Balaban J connectivity index is 1.78. The Kier molecular flexibility index (Phi) is 7.80. The van der Waals surface area contributed by atoms with Gasteiger partial charge in [0, 0.05) is 41.6 Å². The van der Waals surface area contributed by atoms with Crippen LogP contribution in [-0.2, 0) is 22.6 Å². The Morgan fingerprint density at radius 1 is 1.00 bits per heavy atom. The van der Waals surface area contributed by atoms with E-state index in [1.807, 2.05) is 54.6 Å². The Morgan fingerprint density at radius 2 is 1.69 bits per heavy atom. The molecule has 1 N–H and O–H groups in total. The van der Waals surface area contributed by atoms with Crippen molar-refractivity contribution in [3.8, 4) is 22.6 Å². The third kappa shape index (κ3) is 5.31. The van der Waals surface area contributed by atoms with E-state index in [1.165, 1.54) is 6.92 Å². The zero-order chi connectivity index (χ0) is 25.7. The minimum atomic E-state index is -0.445. The van der Waals surface area contributed by atoms with Crippen LogP contribution in [0.25, 0.3) is 22.1 Å². The fraction of sp³-hybridized carbons (Fsp3) is 0.214. The maximum atomic E-state index is 13.2. The highest BCUT2D eigenvalue weighted by molar-refractivity contribution is 6.32. The maximum Gasteiger partial charge on any atom is 0.340 e. The van der Waals surface area contributed by atoms with Gasteiger partial charge >= 0.3 is 11.6 Å². The second kappa shape index (κ2) is 11.2. The van der Waals surface area contributed by atoms with E-state index in [-0.39, 0.29) is 6.61 Å². The number of carbonyl (C=O) groups is 1. The van der Waals surface area contributed by atoms with Crippen LogP contribution in [0.4, 0.5) is 5.69 Å². The van der Waals surface area contributed by atoms with Crippen LogP contribution in [0.2, 0.25) is 5.02 Å². The van der Waals surface area contributed by atoms with Crippen LogP contribution in [0.5, 0.6) is 11.5 Å². The molecule has 186 valence electrons. The number of methoxy groups -OCH3 is 2. The third-order valence-electron chi connectivity index (χ3n) is 5.77. The third-order valence-corrected chi connectivity index (χ3v) is 6.12. The molecule has 0 saturated carbocycles. The largest absolute Gasteiger partial charge is 0.494 e. The normalized spacial score (nSPS) is 10.8. The van der Waals surface area contributed by atoms with Crippen molar-refractivity contribution >= 4 is 34.2 Å². The lowest BCUT2D eigenvalue weighted by molar-refractivity contribution is -0.142. The highest BCUT2D eigenvalue weighted by atomic mass is 35.5. The van der Waals surface area contributed by atoms with Gasteiger partial charge in [-0.1, -0.05) is 48.0 Å². The molecule has 0 saturated heterocycles. The van der Waals surface area contributed by atoms with Crippen LogP contribution < -0.4 is 20.4 Å². The summed E-state index contributed by atoms with van der Waals surface area (Å²) < 4.78 is 21.8. The van der Waals surface area contributed by atoms with Crippen molar-refractivity contribution in [1.82, 2.24) is 0 Å². The minimum Gasteiger partial charge on any atom is -0.494 e. The van der Waals surface area contributed by atoms with Crippen molar-refractivity contribution < 1.29 is 23.4 Å². The first-order valence-corrected chi connectivity index (χ1v) is 11.7. The molecule has 0 spiro atoms. The molecule has 4 rings (SSSR count). The number of anilines is 1. The van der Waals surface area contributed by atoms with Gasteiger partial charge in [0.2, 0.25) is 0 Å². The van der Waals surface area contributed by atoms with Crippen molar-refractivity contribution in [3.63, 3.8) is 0 Å². The minimum absolute atomic E-state index is 0.0158. The second-order valence-corrected chi connectivity index (χ2v) is 8.45. The summed E-state index contributed by atoms with van der Waals surface area (Å²) in [7, 11) is 3.17. The number of ether oxygens (including phenoxy) is 3. The van der Waals surface area contributed by atoms with Gasteiger partial charge in [0.15, 0.2) is 0 Å². The predicted octanol–water partition coefficient (Wildman–Crippen LogP) is 5.85. The molecule has 1 aromatic heterocycles. The van der Waals surface area contributed by atoms with Gasteiger partial charge in [-0.2, -0.15) is 0 Å². The topological polar surface area (TPSA) is 87.0 Å². The number of para-hydroxylation sites is 1. The number of rotatable bonds is 9. The van der Waals surface area contributed by atoms with Crippen molar-refractivity contribution in [3.05, 3.63) is 87.2 Å². The highest BCUT2D eigenvalue weighted by Crippen LogP contribution is 2.36. The van der Waals surface area contributed by atoms with E-state index in [4.69, 9.17) is 30.2 Å². The molecule has 36 heavy (non-hydrogen) atoms. The monoisotopic (exact) mass is 507 g/mol. The van der Waals surface area contributed by atoms with Gasteiger partial charge in [-0.15, -0.1) is 0 Å². The zero-order valence-corrected chi connectivity index (χ0v) is 21.0. The number of esters is 1. The number of benzene rings is 3. The SMILES string of the molecule is COc1cccc(OC)c1NCCc1c(-c2ccccc2)c2cc(COC(C)=O)c(Cl)cc2oc1=O. The summed E-state index contributed by atoms with van der Waals surface area (Å²) in [6.45, 7) is 1.77. The number of fused-ring (bicyclic) bond motifs is 1. The van der Waals surface area contributed by atoms with E-state index in [9.17, 15) is 9.59 Å². The summed E-state index contributed by atoms with van der Waals surface area (Å²) >= 11 is 6.40. The van der Waals surface area contributed by atoms with Crippen molar-refractivity contribution in [1.29, 1.82) is 0 Å². The standard InChI is InChI=1S/C28H26ClNO6/c1-17(31)35-16-19-14-21-25(15-22(19)29)36-28(32)20(26(21)18-8-5-4-6-9-18)12-13-30-27-23(33-2)10-7-11-24(27)34-3/h4-11,14-15,30H,12-13,16H2,1-3H3. The van der Waals surface area contributed by atoms with Gasteiger partial charge in [0.25, 0.3) is 0 Å². The number of carbonyl (C=O) groups excluding carboxylic acids is 1. The molecular weight excluding hydrogens is 482 g/mol. The van der Waals surface area contributed by atoms with Gasteiger partial charge in [0.1, 0.15) is 29.4 Å². The lowest BCUT2D eigenvalue weighted by Crippen LogP contribution is -2.16. The van der Waals surface area contributed by atoms with Crippen LogP contribution in [0.3, 0.4) is 0 Å². The molecule has 0 radical (unpaired) electrons. The van der Waals surface area contributed by atoms with E-state index in [0.717, 1.165) is 11.1 Å². The van der Waals surface area contributed by atoms with Gasteiger partial charge in [0.05, 0.1) is 19.2 Å². The number of halogens is 1. The summed E-state index contributed by atoms with van der Waals surface area (Å²) in [6, 6.07) is 18.5. The highest BCUT2D eigenvalue weighted by Gasteiger charge is 2.19. The second-order valence-electron chi connectivity index (χ2n) is 8.04. The average molecular weight is 508 g/mol. The quantitative estimate of drug-likeness (QED) is 0.224. The van der Waals surface area contributed by atoms with Gasteiger partial charge < -0.3 is 23.9 Å². The smallest absolute Gasteiger partial charge is 0.340 e. The lowest BCUT2D eigenvalue weighted by Gasteiger charge is -2.16. The molecule has 0 unspecified atom stereocenters. The van der Waals surface area contributed by atoms with E-state index in [1.54, 1.807) is 20.3 Å². The zero-order valence-electron chi connectivity index (χ0n) is 20.2. The Bertz CT molecular complexity index is 1430. The number of nitrogens with one attached hydrogen (secondary N) is 1. The van der Waals surface area contributed by atoms with E-state index < -0.39 is 11.6 Å². The molecule has 0 amide bonds. The van der Waals surface area contributed by atoms with Crippen LogP contribution in [0.15, 0.2) is 69.9 Å². The molecule has 4 aromatic rings. The fourth-order valence-electron chi connectivity index (χ4n) is 4.10. The van der Waals surface area contributed by atoms with E-state index in [0.29, 0.717) is 57.3 Å². The molecule has 3 aromatic carbocycles. The summed E-state index contributed by atoms with van der Waals surface area (Å²) in [4.78, 5) is 24.5. The van der Waals surface area contributed by atoms with Gasteiger partial charge in [-0.25, -0.2) is 4.79 Å². The number of hydrogen-bond donors (Lipinski definition) is 1. The van der Waals surface area contributed by atoms with Crippen LogP contribution >= 0.6 is 11.6 Å². The molecule has 0 fully saturated rings. The number of hydrogen-bond acceptors (Lipinski definition) is 7. The van der Waals surface area contributed by atoms with Crippen molar-refractivity contribution in [2.24, 2.45) is 0 Å². The first kappa shape index (κ1) is 25.1. The lowest BCUT2D eigenvalue weighted by atomic mass is 9.94. The van der Waals surface area contributed by atoms with Crippen LogP contribution in [0.1, 0.15) is 18.1 Å². The Hall–Kier alpha value is -3.97. The molecule has 0 bridgehead atoms. The molecular formula is C28H26ClNO6. The molecule has 0 atom stereocenters. The van der Waals surface area contributed by atoms with Crippen LogP contribution in [0, 0.1) is 0 Å². The molecule has 0 aliphatic carbocycles. The van der Waals surface area contributed by atoms with Crippen molar-refractivity contribution in [2.75, 3.05) is 26.1 Å². The summed E-state index contributed by atoms with van der Waals surface area (Å²) in [5.41, 5.74) is 3.35. The fourth-order valence-corrected chi connectivity index (χ4v) is 4.30. The van der Waals surface area contributed by atoms with Crippen LogP contribution in [-0.4, -0.2) is 26.7 Å².